The van der Waals surface area contributed by atoms with Crippen LogP contribution >= 0.6 is 0 Å². The first kappa shape index (κ1) is 33.6. The van der Waals surface area contributed by atoms with Crippen LogP contribution in [0.5, 0.6) is 0 Å². The molecule has 1 aromatic heterocycles. The van der Waals surface area contributed by atoms with Crippen LogP contribution < -0.4 is 0 Å². The van der Waals surface area contributed by atoms with Crippen molar-refractivity contribution >= 4 is 43.1 Å². The lowest BCUT2D eigenvalue weighted by molar-refractivity contribution is 1.07. The van der Waals surface area contributed by atoms with Crippen LogP contribution in [0.1, 0.15) is 0 Å². The van der Waals surface area contributed by atoms with E-state index in [1.807, 2.05) is 24.3 Å². The minimum absolute atomic E-state index is 0.621. The number of aromatic nitrogens is 3. The van der Waals surface area contributed by atoms with Crippen LogP contribution in [0.15, 0.2) is 212 Å². The predicted molar refractivity (Wildman–Crippen MR) is 242 cm³/mol. The van der Waals surface area contributed by atoms with Crippen molar-refractivity contribution in [3.63, 3.8) is 0 Å². The molecule has 3 nitrogen and oxygen atoms in total. The highest BCUT2D eigenvalue weighted by atomic mass is 15.0. The molecule has 0 aliphatic rings. The van der Waals surface area contributed by atoms with Crippen LogP contribution in [0.4, 0.5) is 0 Å². The van der Waals surface area contributed by atoms with E-state index in [2.05, 4.69) is 188 Å². The van der Waals surface area contributed by atoms with Gasteiger partial charge in [-0.1, -0.05) is 194 Å². The predicted octanol–water partition coefficient (Wildman–Crippen LogP) is 14.5. The second-order valence-corrected chi connectivity index (χ2v) is 14.8. The molecular formula is C55H35N3. The molecule has 11 rings (SSSR count). The van der Waals surface area contributed by atoms with Gasteiger partial charge in [0.05, 0.1) is 0 Å². The Morgan fingerprint density at radius 2 is 0.603 bits per heavy atom. The highest BCUT2D eigenvalue weighted by molar-refractivity contribution is 6.16. The maximum absolute atomic E-state index is 5.36. The molecular weight excluding hydrogens is 703 g/mol. The lowest BCUT2D eigenvalue weighted by Crippen LogP contribution is -2.01. The average Bonchev–Trinajstić information content (AvgIpc) is 3.31. The lowest BCUT2D eigenvalue weighted by atomic mass is 9.87. The van der Waals surface area contributed by atoms with Crippen LogP contribution in [0.2, 0.25) is 0 Å². The van der Waals surface area contributed by atoms with Gasteiger partial charge in [0.25, 0.3) is 0 Å². The van der Waals surface area contributed by atoms with Gasteiger partial charge in [-0.15, -0.1) is 0 Å². The van der Waals surface area contributed by atoms with Crippen molar-refractivity contribution in [3.05, 3.63) is 212 Å². The third-order valence-corrected chi connectivity index (χ3v) is 11.3. The first-order chi connectivity index (χ1) is 28.7. The molecule has 1 heterocycles. The number of hydrogen-bond acceptors (Lipinski definition) is 3. The maximum Gasteiger partial charge on any atom is 0.164 e. The summed E-state index contributed by atoms with van der Waals surface area (Å²) < 4.78 is 0. The second kappa shape index (κ2) is 14.1. The van der Waals surface area contributed by atoms with Crippen molar-refractivity contribution in [1.29, 1.82) is 0 Å². The standard InChI is InChI=1S/C55H35N3/c1-3-15-36(16-4-1)37-27-29-39(30-28-37)54-56-53(38-17-5-2-6-18-38)57-55(58-54)52-35-42(50-33-40-19-7-9-21-43(40)45-23-11-13-25-47(45)50)31-32-49(52)51-34-41-20-8-10-22-44(41)46-24-12-14-26-48(46)51/h1-35H. The fraction of sp³-hybridized carbons (Fsp3) is 0. The zero-order valence-electron chi connectivity index (χ0n) is 31.5. The van der Waals surface area contributed by atoms with Gasteiger partial charge < -0.3 is 0 Å². The monoisotopic (exact) mass is 737 g/mol. The largest absolute Gasteiger partial charge is 0.208 e. The van der Waals surface area contributed by atoms with E-state index in [1.54, 1.807) is 0 Å². The Balaban J connectivity index is 1.19. The van der Waals surface area contributed by atoms with E-state index < -0.39 is 0 Å². The van der Waals surface area contributed by atoms with Crippen molar-refractivity contribution in [2.75, 3.05) is 0 Å². The first-order valence-electron chi connectivity index (χ1n) is 19.7. The Bertz CT molecular complexity index is 3320. The Hall–Kier alpha value is -7.75. The minimum Gasteiger partial charge on any atom is -0.208 e. The van der Waals surface area contributed by atoms with E-state index in [-0.39, 0.29) is 0 Å². The third kappa shape index (κ3) is 5.89. The maximum atomic E-state index is 5.36. The van der Waals surface area contributed by atoms with Gasteiger partial charge in [-0.05, 0) is 94.7 Å². The van der Waals surface area contributed by atoms with E-state index in [9.17, 15) is 0 Å². The molecule has 0 aliphatic heterocycles. The molecule has 0 radical (unpaired) electrons. The average molecular weight is 738 g/mol. The third-order valence-electron chi connectivity index (χ3n) is 11.3. The Morgan fingerprint density at radius 1 is 0.207 bits per heavy atom. The Labute approximate surface area is 336 Å². The van der Waals surface area contributed by atoms with Gasteiger partial charge in [0.2, 0.25) is 0 Å². The van der Waals surface area contributed by atoms with Crippen molar-refractivity contribution in [1.82, 2.24) is 15.0 Å². The lowest BCUT2D eigenvalue weighted by Gasteiger charge is -2.18. The molecule has 0 unspecified atom stereocenters. The zero-order chi connectivity index (χ0) is 38.4. The van der Waals surface area contributed by atoms with Gasteiger partial charge in [0, 0.05) is 16.7 Å². The molecule has 0 saturated carbocycles. The molecule has 270 valence electrons. The number of hydrogen-bond donors (Lipinski definition) is 0. The molecule has 11 aromatic rings. The number of nitrogens with zero attached hydrogens (tertiary/aromatic N) is 3. The van der Waals surface area contributed by atoms with E-state index in [0.717, 1.165) is 38.9 Å². The summed E-state index contributed by atoms with van der Waals surface area (Å²) >= 11 is 0. The molecule has 0 N–H and O–H groups in total. The van der Waals surface area contributed by atoms with E-state index in [1.165, 1.54) is 54.2 Å². The summed E-state index contributed by atoms with van der Waals surface area (Å²) in [6, 6.07) is 75.4. The smallest absolute Gasteiger partial charge is 0.164 e. The summed E-state index contributed by atoms with van der Waals surface area (Å²) in [5.74, 6) is 1.87. The Morgan fingerprint density at radius 3 is 1.21 bits per heavy atom. The molecule has 0 atom stereocenters. The van der Waals surface area contributed by atoms with Crippen molar-refractivity contribution < 1.29 is 0 Å². The molecule has 0 saturated heterocycles. The summed E-state index contributed by atoms with van der Waals surface area (Å²) in [6.45, 7) is 0. The van der Waals surface area contributed by atoms with Crippen LogP contribution in [-0.2, 0) is 0 Å². The molecule has 0 amide bonds. The van der Waals surface area contributed by atoms with Gasteiger partial charge in [0.15, 0.2) is 17.5 Å². The van der Waals surface area contributed by atoms with Crippen molar-refractivity contribution in [2.45, 2.75) is 0 Å². The highest BCUT2D eigenvalue weighted by Crippen LogP contribution is 2.43. The first-order valence-corrected chi connectivity index (χ1v) is 19.7. The van der Waals surface area contributed by atoms with Crippen molar-refractivity contribution in [3.8, 4) is 67.5 Å². The SMILES string of the molecule is c1ccc(-c2ccc(-c3nc(-c4ccccc4)nc(-c4cc(-c5cc6ccccc6c6ccccc56)ccc4-c4cc5ccccc5c5ccccc45)n3)cc2)cc1. The Kier molecular flexibility index (Phi) is 8.15. The molecule has 0 fully saturated rings. The van der Waals surface area contributed by atoms with Crippen molar-refractivity contribution in [2.24, 2.45) is 0 Å². The minimum atomic E-state index is 0.621. The fourth-order valence-corrected chi connectivity index (χ4v) is 8.49. The quantitative estimate of drug-likeness (QED) is 0.160. The normalized spacial score (nSPS) is 11.4. The highest BCUT2D eigenvalue weighted by Gasteiger charge is 2.20. The fourth-order valence-electron chi connectivity index (χ4n) is 8.49. The summed E-state index contributed by atoms with van der Waals surface area (Å²) in [4.78, 5) is 15.8. The molecule has 0 aliphatic carbocycles. The molecule has 0 spiro atoms. The second-order valence-electron chi connectivity index (χ2n) is 14.8. The summed E-state index contributed by atoms with van der Waals surface area (Å²) in [6.07, 6.45) is 0. The summed E-state index contributed by atoms with van der Waals surface area (Å²) in [5.41, 5.74) is 9.57. The van der Waals surface area contributed by atoms with Crippen LogP contribution in [0, 0.1) is 0 Å². The molecule has 0 bridgehead atoms. The van der Waals surface area contributed by atoms with Crippen LogP contribution in [0.25, 0.3) is 111 Å². The zero-order valence-corrected chi connectivity index (χ0v) is 31.5. The summed E-state index contributed by atoms with van der Waals surface area (Å²) in [5, 5.41) is 9.70. The van der Waals surface area contributed by atoms with E-state index in [4.69, 9.17) is 15.0 Å². The summed E-state index contributed by atoms with van der Waals surface area (Å²) in [7, 11) is 0. The molecule has 58 heavy (non-hydrogen) atoms. The van der Waals surface area contributed by atoms with Gasteiger partial charge in [-0.2, -0.15) is 0 Å². The van der Waals surface area contributed by atoms with Crippen LogP contribution in [0.3, 0.4) is 0 Å². The van der Waals surface area contributed by atoms with E-state index in [0.29, 0.717) is 17.5 Å². The number of rotatable bonds is 6. The van der Waals surface area contributed by atoms with Gasteiger partial charge >= 0.3 is 0 Å². The number of benzene rings is 10. The topological polar surface area (TPSA) is 38.7 Å². The molecule has 10 aromatic carbocycles. The molecule has 3 heteroatoms. The van der Waals surface area contributed by atoms with Crippen LogP contribution in [-0.4, -0.2) is 15.0 Å². The van der Waals surface area contributed by atoms with Gasteiger partial charge in [0.1, 0.15) is 0 Å². The van der Waals surface area contributed by atoms with Gasteiger partial charge in [-0.3, -0.25) is 0 Å². The number of fused-ring (bicyclic) bond motifs is 6. The van der Waals surface area contributed by atoms with Gasteiger partial charge in [-0.25, -0.2) is 15.0 Å². The van der Waals surface area contributed by atoms with E-state index >= 15 is 0 Å².